The van der Waals surface area contributed by atoms with E-state index >= 15 is 0 Å². The van der Waals surface area contributed by atoms with E-state index in [0.29, 0.717) is 35.7 Å². The number of aromatic nitrogens is 2. The molecule has 0 amide bonds. The van der Waals surface area contributed by atoms with Crippen LogP contribution in [-0.2, 0) is 29.0 Å². The van der Waals surface area contributed by atoms with Crippen LogP contribution >= 0.6 is 0 Å². The van der Waals surface area contributed by atoms with Gasteiger partial charge in [0.15, 0.2) is 6.29 Å². The molecular formula is C29H40FN3O7S. The fraction of sp³-hybridized carbons (Fsp3) is 0.552. The number of benzene rings is 1. The van der Waals surface area contributed by atoms with Crippen LogP contribution in [0.15, 0.2) is 30.3 Å². The summed E-state index contributed by atoms with van der Waals surface area (Å²) < 4.78 is 56.2. The Balaban J connectivity index is 1.98. The fourth-order valence-electron chi connectivity index (χ4n) is 4.13. The average Bonchev–Trinajstić information content (AvgIpc) is 2.91. The molecule has 41 heavy (non-hydrogen) atoms. The summed E-state index contributed by atoms with van der Waals surface area (Å²) in [5.74, 6) is -1.34. The molecule has 0 aliphatic carbocycles. The number of rotatable bonds is 12. The first-order valence-corrected chi connectivity index (χ1v) is 15.5. The molecule has 226 valence electrons. The Morgan fingerprint density at radius 2 is 1.80 bits per heavy atom. The second-order valence-corrected chi connectivity index (χ2v) is 12.7. The standard InChI is InChI=1S/C29H40FN3O7S/c1-18(2)26-24(27(20-8-10-21(30)11-9-20)32-29(31-26)33(5)41(6,36)37)13-12-22(34)16-23(40-28(35)19(3)4)17-25-38-14-7-15-39-25/h8-13,18-19,22-23,25,34H,7,14-17H2,1-6H3/b13-12+/t22-,23-/m1/s1. The van der Waals surface area contributed by atoms with Crippen molar-refractivity contribution < 1.29 is 36.9 Å². The van der Waals surface area contributed by atoms with Gasteiger partial charge in [0, 0.05) is 31.0 Å². The molecule has 1 aliphatic rings. The van der Waals surface area contributed by atoms with Crippen molar-refractivity contribution in [1.82, 2.24) is 9.97 Å². The van der Waals surface area contributed by atoms with Gasteiger partial charge in [0.05, 0.1) is 42.9 Å². The Kier molecular flexibility index (Phi) is 11.4. The molecule has 0 spiro atoms. The van der Waals surface area contributed by atoms with Gasteiger partial charge in [0.2, 0.25) is 16.0 Å². The third-order valence-electron chi connectivity index (χ3n) is 6.50. The van der Waals surface area contributed by atoms with Gasteiger partial charge in [0.25, 0.3) is 0 Å². The second-order valence-electron chi connectivity index (χ2n) is 10.7. The number of nitrogens with zero attached hydrogens (tertiary/aromatic N) is 3. The Labute approximate surface area is 241 Å². The van der Waals surface area contributed by atoms with Crippen LogP contribution in [0.25, 0.3) is 17.3 Å². The minimum Gasteiger partial charge on any atom is -0.462 e. The maximum Gasteiger partial charge on any atom is 0.308 e. The zero-order valence-corrected chi connectivity index (χ0v) is 25.2. The van der Waals surface area contributed by atoms with E-state index < -0.39 is 34.3 Å². The number of hydrogen-bond donors (Lipinski definition) is 1. The van der Waals surface area contributed by atoms with E-state index in [-0.39, 0.29) is 36.6 Å². The molecular weight excluding hydrogens is 553 g/mol. The monoisotopic (exact) mass is 593 g/mol. The van der Waals surface area contributed by atoms with Gasteiger partial charge < -0.3 is 19.3 Å². The van der Waals surface area contributed by atoms with E-state index in [4.69, 9.17) is 14.2 Å². The quantitative estimate of drug-likeness (QED) is 0.359. The predicted molar refractivity (Wildman–Crippen MR) is 154 cm³/mol. The third-order valence-corrected chi connectivity index (χ3v) is 7.66. The number of ether oxygens (including phenoxy) is 3. The van der Waals surface area contributed by atoms with Crippen molar-refractivity contribution in [2.75, 3.05) is 30.8 Å². The van der Waals surface area contributed by atoms with Crippen LogP contribution in [0.1, 0.15) is 64.1 Å². The summed E-state index contributed by atoms with van der Waals surface area (Å²) in [5.41, 5.74) is 2.01. The summed E-state index contributed by atoms with van der Waals surface area (Å²) in [7, 11) is -2.29. The van der Waals surface area contributed by atoms with Crippen LogP contribution in [0, 0.1) is 11.7 Å². The predicted octanol–water partition coefficient (Wildman–Crippen LogP) is 4.29. The largest absolute Gasteiger partial charge is 0.462 e. The van der Waals surface area contributed by atoms with Gasteiger partial charge in [-0.2, -0.15) is 0 Å². The smallest absolute Gasteiger partial charge is 0.308 e. The van der Waals surface area contributed by atoms with Crippen LogP contribution in [-0.4, -0.2) is 74.5 Å². The number of aliphatic hydroxyl groups excluding tert-OH is 1. The van der Waals surface area contributed by atoms with Gasteiger partial charge in [-0.1, -0.05) is 39.8 Å². The molecule has 10 nitrogen and oxygen atoms in total. The van der Waals surface area contributed by atoms with Crippen molar-refractivity contribution in [3.63, 3.8) is 0 Å². The van der Waals surface area contributed by atoms with Crippen molar-refractivity contribution >= 4 is 28.0 Å². The van der Waals surface area contributed by atoms with E-state index in [9.17, 15) is 22.7 Å². The molecule has 0 unspecified atom stereocenters. The van der Waals surface area contributed by atoms with E-state index in [1.165, 1.54) is 19.2 Å². The molecule has 1 aromatic carbocycles. The number of anilines is 1. The Morgan fingerprint density at radius 3 is 2.37 bits per heavy atom. The van der Waals surface area contributed by atoms with Crippen LogP contribution in [0.3, 0.4) is 0 Å². The molecule has 0 bridgehead atoms. The van der Waals surface area contributed by atoms with Crippen molar-refractivity contribution in [1.29, 1.82) is 0 Å². The van der Waals surface area contributed by atoms with Gasteiger partial charge in [-0.15, -0.1) is 0 Å². The van der Waals surface area contributed by atoms with E-state index in [0.717, 1.165) is 17.0 Å². The lowest BCUT2D eigenvalue weighted by Crippen LogP contribution is -2.33. The Bertz CT molecular complexity index is 1310. The highest BCUT2D eigenvalue weighted by molar-refractivity contribution is 7.92. The number of carbonyl (C=O) groups excluding carboxylic acids is 1. The molecule has 0 saturated carbocycles. The number of carbonyl (C=O) groups is 1. The first-order valence-electron chi connectivity index (χ1n) is 13.7. The Morgan fingerprint density at radius 1 is 1.17 bits per heavy atom. The molecule has 2 heterocycles. The topological polar surface area (TPSA) is 128 Å². The molecule has 12 heteroatoms. The third kappa shape index (κ3) is 9.29. The lowest BCUT2D eigenvalue weighted by atomic mass is 9.97. The summed E-state index contributed by atoms with van der Waals surface area (Å²) in [6.07, 6.45) is 3.21. The van der Waals surface area contributed by atoms with Gasteiger partial charge >= 0.3 is 5.97 Å². The highest BCUT2D eigenvalue weighted by Crippen LogP contribution is 2.32. The van der Waals surface area contributed by atoms with Crippen molar-refractivity contribution in [2.45, 2.75) is 71.4 Å². The lowest BCUT2D eigenvalue weighted by Gasteiger charge is -2.28. The SMILES string of the molecule is CC(C)C(=O)O[C@@H](CC1OCCCO1)C[C@H](O)/C=C/c1c(-c2ccc(F)cc2)nc(N(C)S(C)(=O)=O)nc1C(C)C. The number of halogens is 1. The van der Waals surface area contributed by atoms with Crippen LogP contribution in [0.4, 0.5) is 10.3 Å². The van der Waals surface area contributed by atoms with Gasteiger partial charge in [-0.3, -0.25) is 4.79 Å². The molecule has 1 saturated heterocycles. The van der Waals surface area contributed by atoms with E-state index in [1.807, 2.05) is 13.8 Å². The first kappa shape index (κ1) is 32.6. The van der Waals surface area contributed by atoms with Crippen LogP contribution in [0.5, 0.6) is 0 Å². The summed E-state index contributed by atoms with van der Waals surface area (Å²) in [6, 6.07) is 5.67. The Hall–Kier alpha value is -2.93. The van der Waals surface area contributed by atoms with Crippen molar-refractivity contribution in [2.24, 2.45) is 5.92 Å². The zero-order valence-electron chi connectivity index (χ0n) is 24.4. The molecule has 2 atom stereocenters. The number of esters is 1. The van der Waals surface area contributed by atoms with Crippen molar-refractivity contribution in [3.05, 3.63) is 47.4 Å². The fourth-order valence-corrected chi connectivity index (χ4v) is 4.51. The number of sulfonamides is 1. The highest BCUT2D eigenvalue weighted by atomic mass is 32.2. The first-order chi connectivity index (χ1) is 19.3. The minimum atomic E-state index is -3.66. The maximum absolute atomic E-state index is 13.7. The number of hydrogen-bond acceptors (Lipinski definition) is 9. The van der Waals surface area contributed by atoms with Gasteiger partial charge in [-0.25, -0.2) is 27.1 Å². The molecule has 1 aliphatic heterocycles. The average molecular weight is 594 g/mol. The summed E-state index contributed by atoms with van der Waals surface area (Å²) >= 11 is 0. The molecule has 1 N–H and O–H groups in total. The summed E-state index contributed by atoms with van der Waals surface area (Å²) in [5, 5.41) is 11.0. The van der Waals surface area contributed by atoms with E-state index in [1.54, 1.807) is 38.1 Å². The molecule has 1 aromatic heterocycles. The minimum absolute atomic E-state index is 0.0265. The number of aliphatic hydroxyl groups is 1. The van der Waals surface area contributed by atoms with Crippen LogP contribution < -0.4 is 4.31 Å². The highest BCUT2D eigenvalue weighted by Gasteiger charge is 2.27. The molecule has 2 aromatic rings. The maximum atomic E-state index is 13.7. The second kappa shape index (κ2) is 14.3. The normalized spacial score (nSPS) is 16.3. The summed E-state index contributed by atoms with van der Waals surface area (Å²) in [4.78, 5) is 21.4. The molecule has 3 rings (SSSR count). The molecule has 0 radical (unpaired) electrons. The van der Waals surface area contributed by atoms with E-state index in [2.05, 4.69) is 9.97 Å². The lowest BCUT2D eigenvalue weighted by molar-refractivity contribution is -0.198. The van der Waals surface area contributed by atoms with Gasteiger partial charge in [0.1, 0.15) is 11.9 Å². The van der Waals surface area contributed by atoms with Gasteiger partial charge in [-0.05, 0) is 36.6 Å². The van der Waals surface area contributed by atoms with Crippen LogP contribution in [0.2, 0.25) is 0 Å². The molecule has 1 fully saturated rings. The summed E-state index contributed by atoms with van der Waals surface area (Å²) in [6.45, 7) is 8.37. The zero-order chi connectivity index (χ0) is 30.3. The van der Waals surface area contributed by atoms with Crippen molar-refractivity contribution in [3.8, 4) is 11.3 Å².